The number of hydrogen-bond donors (Lipinski definition) is 0. The fourth-order valence-corrected chi connectivity index (χ4v) is 1.46. The normalized spacial score (nSPS) is 10.4. The lowest BCUT2D eigenvalue weighted by Crippen LogP contribution is -1.99. The summed E-state index contributed by atoms with van der Waals surface area (Å²) in [5.41, 5.74) is 1.35. The summed E-state index contributed by atoms with van der Waals surface area (Å²) in [6.45, 7) is 1.77. The fourth-order valence-electron chi connectivity index (χ4n) is 1.46. The van der Waals surface area contributed by atoms with E-state index >= 15 is 0 Å². The van der Waals surface area contributed by atoms with E-state index in [2.05, 4.69) is 0 Å². The van der Waals surface area contributed by atoms with Crippen LogP contribution in [0.5, 0.6) is 0 Å². The van der Waals surface area contributed by atoms with Crippen LogP contribution in [0.2, 0.25) is 0 Å². The minimum atomic E-state index is -0.612. The maximum absolute atomic E-state index is 11.1. The molecule has 0 aliphatic rings. The monoisotopic (exact) mass is 188 g/mol. The molecule has 0 bridgehead atoms. The van der Waals surface area contributed by atoms with E-state index in [1.807, 2.05) is 18.2 Å². The van der Waals surface area contributed by atoms with Crippen LogP contribution in [0.3, 0.4) is 0 Å². The van der Waals surface area contributed by atoms with Crippen LogP contribution in [0.1, 0.15) is 16.1 Å². The largest absolute Gasteiger partial charge is 0.452 e. The molecule has 0 aliphatic heterocycles. The number of Topliss-reactive ketones (excluding diaryl/α,β-unsaturated/α-hetero) is 1. The van der Waals surface area contributed by atoms with Crippen molar-refractivity contribution in [3.05, 3.63) is 35.6 Å². The molecular weight excluding hydrogens is 180 g/mol. The van der Waals surface area contributed by atoms with Gasteiger partial charge in [0.1, 0.15) is 5.58 Å². The first kappa shape index (κ1) is 8.69. The van der Waals surface area contributed by atoms with Gasteiger partial charge in [0.15, 0.2) is 12.0 Å². The number of furan rings is 1. The van der Waals surface area contributed by atoms with E-state index in [9.17, 15) is 9.59 Å². The minimum absolute atomic E-state index is 0.140. The van der Waals surface area contributed by atoms with Crippen LogP contribution in [0, 0.1) is 6.92 Å². The lowest BCUT2D eigenvalue weighted by Gasteiger charge is -1.87. The number of fused-ring (bicyclic) bond motifs is 1. The van der Waals surface area contributed by atoms with E-state index in [4.69, 9.17) is 4.42 Å². The van der Waals surface area contributed by atoms with E-state index < -0.39 is 5.78 Å². The highest BCUT2D eigenvalue weighted by Crippen LogP contribution is 2.24. The van der Waals surface area contributed by atoms with Gasteiger partial charge < -0.3 is 4.42 Å². The molecule has 0 unspecified atom stereocenters. The summed E-state index contributed by atoms with van der Waals surface area (Å²) in [6, 6.07) is 7.31. The number of ketones is 1. The highest BCUT2D eigenvalue weighted by molar-refractivity contribution is 6.33. The molecule has 0 aliphatic carbocycles. The molecule has 14 heavy (non-hydrogen) atoms. The first-order valence-electron chi connectivity index (χ1n) is 4.21. The Labute approximate surface area is 80.3 Å². The number of para-hydroxylation sites is 1. The summed E-state index contributed by atoms with van der Waals surface area (Å²) in [7, 11) is 0. The Balaban J connectivity index is 2.74. The second-order valence-electron chi connectivity index (χ2n) is 3.03. The van der Waals surface area contributed by atoms with Gasteiger partial charge in [-0.15, -0.1) is 0 Å². The Morgan fingerprint density at radius 1 is 1.36 bits per heavy atom. The predicted molar refractivity (Wildman–Crippen MR) is 51.3 cm³/mol. The quantitative estimate of drug-likeness (QED) is 0.412. The van der Waals surface area contributed by atoms with Gasteiger partial charge in [-0.05, 0) is 13.0 Å². The summed E-state index contributed by atoms with van der Waals surface area (Å²) < 4.78 is 5.27. The van der Waals surface area contributed by atoms with Crippen molar-refractivity contribution in [2.24, 2.45) is 0 Å². The van der Waals surface area contributed by atoms with E-state index in [1.165, 1.54) is 0 Å². The van der Waals surface area contributed by atoms with Gasteiger partial charge in [-0.2, -0.15) is 0 Å². The molecule has 0 N–H and O–H groups in total. The topological polar surface area (TPSA) is 47.3 Å². The van der Waals surface area contributed by atoms with Gasteiger partial charge in [0.05, 0.1) is 0 Å². The molecule has 1 heterocycles. The summed E-state index contributed by atoms with van der Waals surface area (Å²) >= 11 is 0. The zero-order valence-corrected chi connectivity index (χ0v) is 7.61. The third-order valence-corrected chi connectivity index (χ3v) is 2.17. The number of carbonyl (C=O) groups is 2. The van der Waals surface area contributed by atoms with Crippen molar-refractivity contribution >= 4 is 23.0 Å². The molecule has 2 rings (SSSR count). The first-order chi connectivity index (χ1) is 6.74. The van der Waals surface area contributed by atoms with Crippen LogP contribution in [-0.2, 0) is 4.79 Å². The Morgan fingerprint density at radius 2 is 2.07 bits per heavy atom. The van der Waals surface area contributed by atoms with Gasteiger partial charge >= 0.3 is 0 Å². The maximum atomic E-state index is 11.1. The Hall–Kier alpha value is -1.90. The van der Waals surface area contributed by atoms with Crippen LogP contribution >= 0.6 is 0 Å². The summed E-state index contributed by atoms with van der Waals surface area (Å²) in [4.78, 5) is 21.5. The molecule has 70 valence electrons. The summed E-state index contributed by atoms with van der Waals surface area (Å²) in [5, 5.41) is 0.873. The Morgan fingerprint density at radius 3 is 2.71 bits per heavy atom. The molecule has 1 aromatic carbocycles. The van der Waals surface area contributed by atoms with E-state index in [1.54, 1.807) is 13.0 Å². The number of rotatable bonds is 2. The highest BCUT2D eigenvalue weighted by atomic mass is 16.3. The fraction of sp³-hybridized carbons (Fsp3) is 0.0909. The van der Waals surface area contributed by atoms with Crippen LogP contribution in [-0.4, -0.2) is 12.1 Å². The molecule has 1 aromatic heterocycles. The summed E-state index contributed by atoms with van der Waals surface area (Å²) in [6.07, 6.45) is 0.269. The molecular formula is C11H8O3. The van der Waals surface area contributed by atoms with Crippen molar-refractivity contribution < 1.29 is 14.0 Å². The SMILES string of the molecule is Cc1c(C(=O)C=O)oc2ccccc12. The molecule has 0 atom stereocenters. The molecule has 3 nitrogen and oxygen atoms in total. The van der Waals surface area contributed by atoms with Gasteiger partial charge in [-0.3, -0.25) is 9.59 Å². The number of carbonyl (C=O) groups excluding carboxylic acids is 2. The van der Waals surface area contributed by atoms with Gasteiger partial charge in [0, 0.05) is 10.9 Å². The van der Waals surface area contributed by atoms with Crippen LogP contribution in [0.4, 0.5) is 0 Å². The number of aldehydes is 1. The van der Waals surface area contributed by atoms with Gasteiger partial charge in [-0.25, -0.2) is 0 Å². The number of benzene rings is 1. The first-order valence-corrected chi connectivity index (χ1v) is 4.21. The van der Waals surface area contributed by atoms with Crippen molar-refractivity contribution in [3.8, 4) is 0 Å². The van der Waals surface area contributed by atoms with Gasteiger partial charge in [0.25, 0.3) is 5.78 Å². The van der Waals surface area contributed by atoms with Crippen molar-refractivity contribution in [2.45, 2.75) is 6.92 Å². The number of hydrogen-bond acceptors (Lipinski definition) is 3. The van der Waals surface area contributed by atoms with Crippen LogP contribution in [0.15, 0.2) is 28.7 Å². The molecule has 0 saturated carbocycles. The molecule has 0 fully saturated rings. The summed E-state index contributed by atoms with van der Waals surface area (Å²) in [5.74, 6) is -0.472. The molecule has 0 saturated heterocycles. The third-order valence-electron chi connectivity index (χ3n) is 2.17. The third kappa shape index (κ3) is 1.14. The van der Waals surface area contributed by atoms with Crippen LogP contribution < -0.4 is 0 Å². The second-order valence-corrected chi connectivity index (χ2v) is 3.03. The standard InChI is InChI=1S/C11H8O3/c1-7-8-4-2-3-5-10(8)14-11(7)9(13)6-12/h2-6H,1H3. The average Bonchev–Trinajstić information content (AvgIpc) is 2.56. The van der Waals surface area contributed by atoms with Crippen LogP contribution in [0.25, 0.3) is 11.0 Å². The molecule has 0 amide bonds. The lowest BCUT2D eigenvalue weighted by molar-refractivity contribution is -0.104. The van der Waals surface area contributed by atoms with E-state index in [-0.39, 0.29) is 12.0 Å². The molecule has 0 radical (unpaired) electrons. The highest BCUT2D eigenvalue weighted by Gasteiger charge is 2.15. The maximum Gasteiger partial charge on any atom is 0.260 e. The van der Waals surface area contributed by atoms with Gasteiger partial charge in [-0.1, -0.05) is 18.2 Å². The Bertz CT molecular complexity index is 508. The van der Waals surface area contributed by atoms with Crippen molar-refractivity contribution in [2.75, 3.05) is 0 Å². The zero-order chi connectivity index (χ0) is 10.1. The molecule has 0 spiro atoms. The van der Waals surface area contributed by atoms with Crippen molar-refractivity contribution in [3.63, 3.8) is 0 Å². The zero-order valence-electron chi connectivity index (χ0n) is 7.61. The second kappa shape index (κ2) is 3.10. The van der Waals surface area contributed by atoms with E-state index in [0.717, 1.165) is 10.9 Å². The van der Waals surface area contributed by atoms with Gasteiger partial charge in [0.2, 0.25) is 0 Å². The van der Waals surface area contributed by atoms with Crippen molar-refractivity contribution in [1.29, 1.82) is 0 Å². The smallest absolute Gasteiger partial charge is 0.260 e. The van der Waals surface area contributed by atoms with Crippen molar-refractivity contribution in [1.82, 2.24) is 0 Å². The average molecular weight is 188 g/mol. The Kier molecular flexibility index (Phi) is 1.93. The van der Waals surface area contributed by atoms with E-state index in [0.29, 0.717) is 5.58 Å². The molecule has 2 aromatic rings. The minimum Gasteiger partial charge on any atom is -0.452 e. The number of aryl methyl sites for hydroxylation is 1. The molecule has 3 heteroatoms. The lowest BCUT2D eigenvalue weighted by atomic mass is 10.1. The predicted octanol–water partition coefficient (Wildman–Crippen LogP) is 2.12.